The van der Waals surface area contributed by atoms with E-state index in [0.717, 1.165) is 5.75 Å². The van der Waals surface area contributed by atoms with Crippen LogP contribution in [0.1, 0.15) is 98.3 Å². The van der Waals surface area contributed by atoms with Crippen LogP contribution in [0.3, 0.4) is 0 Å². The minimum absolute atomic E-state index is 0.0390. The van der Waals surface area contributed by atoms with Crippen molar-refractivity contribution in [1.82, 2.24) is 41.2 Å². The lowest BCUT2D eigenvalue weighted by molar-refractivity contribution is -0.142. The number of H-pyrrole nitrogens is 1. The molecular formula is C53H62N10O10S2. The normalized spacial score (nSPS) is 13.3. The first-order chi connectivity index (χ1) is 36.0. The number of aliphatic carboxylic acids is 1. The van der Waals surface area contributed by atoms with Crippen molar-refractivity contribution in [2.75, 3.05) is 41.4 Å². The van der Waals surface area contributed by atoms with E-state index in [-0.39, 0.29) is 85.9 Å². The molecule has 0 unspecified atom stereocenters. The number of amides is 4. The van der Waals surface area contributed by atoms with E-state index in [1.54, 1.807) is 36.0 Å². The molecule has 22 heteroatoms. The molecule has 0 bridgehead atoms. The number of aromatic nitrogens is 4. The van der Waals surface area contributed by atoms with Crippen molar-refractivity contribution >= 4 is 94.1 Å². The van der Waals surface area contributed by atoms with Crippen LogP contribution in [-0.2, 0) is 40.1 Å². The maximum Gasteiger partial charge on any atom is 0.304 e. The van der Waals surface area contributed by atoms with Crippen LogP contribution in [0.4, 0.5) is 11.6 Å². The van der Waals surface area contributed by atoms with E-state index in [9.17, 15) is 48.3 Å². The number of thioether (sulfide) groups is 1. The van der Waals surface area contributed by atoms with Gasteiger partial charge < -0.3 is 37.4 Å². The molecule has 0 saturated carbocycles. The number of rotatable bonds is 30. The average molecular weight is 1060 g/mol. The molecule has 2 aromatic heterocycles. The summed E-state index contributed by atoms with van der Waals surface area (Å²) in [6.07, 6.45) is 0.984. The van der Waals surface area contributed by atoms with Gasteiger partial charge in [-0.1, -0.05) is 55.5 Å². The molecule has 0 aliphatic heterocycles. The van der Waals surface area contributed by atoms with Crippen molar-refractivity contribution in [1.29, 1.82) is 0 Å². The number of carbonyl (C=O) groups excluding carboxylic acids is 7. The number of thiol groups is 1. The van der Waals surface area contributed by atoms with Gasteiger partial charge in [-0.2, -0.15) is 29.4 Å². The standard InChI is InChI=1S/C53H62N10O10S2/c1-30(23-36(64)9-7-20-55-50(71)32-15-17-34(18-16-32)56-26-35-27-58-48-47(60-35)52(73)63-53(54)62-48)49(70)59-31(2)44(66)24-33(25-46(68)69)51(72)61-42(43(65)14-8-21-74)28-57-45(67)19-22-75-29-41-39-12-5-3-10-37(39)38-11-4-6-13-40(38)41/h3-6,10-13,15-18,27,30-31,33,41-42,56,74H,7-9,14,19-26,28-29H2,1-2H3,(H,55,71)(H,57,67)(H,59,70)(H,61,72)(H,68,69)(H3,54,58,62,63,73)/t30-,31+,33+,42+/m1/s1. The van der Waals surface area contributed by atoms with Gasteiger partial charge in [-0.25, -0.2) is 9.97 Å². The summed E-state index contributed by atoms with van der Waals surface area (Å²) in [5.74, 6) is -5.22. The number of nitrogens with zero attached hydrogens (tertiary/aromatic N) is 3. The lowest BCUT2D eigenvalue weighted by atomic mass is 9.94. The first-order valence-electron chi connectivity index (χ1n) is 24.7. The molecule has 9 N–H and O–H groups in total. The number of carbonyl (C=O) groups is 8. The molecule has 0 fully saturated rings. The van der Waals surface area contributed by atoms with Gasteiger partial charge in [-0.05, 0) is 72.0 Å². The van der Waals surface area contributed by atoms with E-state index in [0.29, 0.717) is 41.3 Å². The van der Waals surface area contributed by atoms with Crippen molar-refractivity contribution in [3.05, 3.63) is 112 Å². The number of nitrogen functional groups attached to an aromatic ring is 1. The molecule has 1 aliphatic carbocycles. The Labute approximate surface area is 442 Å². The zero-order valence-electron chi connectivity index (χ0n) is 41.7. The minimum Gasteiger partial charge on any atom is -0.481 e. The fourth-order valence-corrected chi connectivity index (χ4v) is 9.76. The fourth-order valence-electron chi connectivity index (χ4n) is 8.51. The lowest BCUT2D eigenvalue weighted by Crippen LogP contribution is -2.51. The van der Waals surface area contributed by atoms with Gasteiger partial charge in [0.15, 0.2) is 22.7 Å². The van der Waals surface area contributed by atoms with Crippen LogP contribution in [-0.4, -0.2) is 114 Å². The number of anilines is 2. The number of fused-ring (bicyclic) bond motifs is 4. The smallest absolute Gasteiger partial charge is 0.304 e. The van der Waals surface area contributed by atoms with Gasteiger partial charge in [0.05, 0.1) is 36.8 Å². The van der Waals surface area contributed by atoms with Crippen molar-refractivity contribution in [3.8, 4) is 11.1 Å². The summed E-state index contributed by atoms with van der Waals surface area (Å²) in [4.78, 5) is 131. The van der Waals surface area contributed by atoms with Gasteiger partial charge in [0.2, 0.25) is 23.7 Å². The molecule has 0 radical (unpaired) electrons. The molecular weight excluding hydrogens is 1000 g/mol. The molecule has 20 nitrogen and oxygen atoms in total. The molecule has 3 aromatic carbocycles. The predicted octanol–water partition coefficient (Wildman–Crippen LogP) is 4.38. The number of nitrogens with one attached hydrogen (secondary N) is 6. The number of carboxylic acids is 1. The zero-order chi connectivity index (χ0) is 54.0. The summed E-state index contributed by atoms with van der Waals surface area (Å²) in [6, 6.07) is 20.9. The third kappa shape index (κ3) is 16.5. The molecule has 0 spiro atoms. The molecule has 1 aliphatic rings. The van der Waals surface area contributed by atoms with Gasteiger partial charge >= 0.3 is 5.97 Å². The molecule has 2 heterocycles. The van der Waals surface area contributed by atoms with E-state index < -0.39 is 71.7 Å². The number of aromatic amines is 1. The Hall–Kier alpha value is -7.46. The van der Waals surface area contributed by atoms with Crippen LogP contribution in [0.2, 0.25) is 0 Å². The predicted molar refractivity (Wildman–Crippen MR) is 288 cm³/mol. The van der Waals surface area contributed by atoms with Crippen molar-refractivity contribution in [3.63, 3.8) is 0 Å². The molecule has 4 atom stereocenters. The van der Waals surface area contributed by atoms with Gasteiger partial charge in [0.1, 0.15) is 11.8 Å². The maximum absolute atomic E-state index is 13.6. The quantitative estimate of drug-likeness (QED) is 0.0228. The summed E-state index contributed by atoms with van der Waals surface area (Å²) in [5, 5.41) is 23.5. The SMILES string of the molecule is C[C@H](CC(=O)CCCNC(=O)c1ccc(NCc2cnc3nc(N)[nH]c(=O)c3n2)cc1)C(=O)N[C@@H](C)C(=O)C[C@@H](CC(=O)O)C(=O)N[C@@H](CNC(=O)CCSCC1c2ccccc2-c2ccccc21)C(=O)CCCS. The summed E-state index contributed by atoms with van der Waals surface area (Å²) in [5.41, 5.74) is 11.7. The van der Waals surface area contributed by atoms with E-state index in [2.05, 4.69) is 83.4 Å². The Morgan fingerprint density at radius 1 is 0.800 bits per heavy atom. The summed E-state index contributed by atoms with van der Waals surface area (Å²) >= 11 is 5.82. The minimum atomic E-state index is -1.40. The number of nitrogens with two attached hydrogens (primary N) is 1. The summed E-state index contributed by atoms with van der Waals surface area (Å²) < 4.78 is 0. The third-order valence-electron chi connectivity index (χ3n) is 12.6. The van der Waals surface area contributed by atoms with E-state index in [1.807, 2.05) is 24.3 Å². The number of Topliss-reactive ketones (excluding diaryl/α,β-unsaturated/α-hetero) is 3. The van der Waals surface area contributed by atoms with Gasteiger partial charge in [0, 0.05) is 79.8 Å². The molecule has 75 heavy (non-hydrogen) atoms. The fraction of sp³-hybridized carbons (Fsp3) is 0.396. The highest BCUT2D eigenvalue weighted by molar-refractivity contribution is 7.99. The Morgan fingerprint density at radius 2 is 1.49 bits per heavy atom. The van der Waals surface area contributed by atoms with Gasteiger partial charge in [0.25, 0.3) is 11.5 Å². The van der Waals surface area contributed by atoms with E-state index in [1.165, 1.54) is 42.3 Å². The number of carboxylic acid groups (broad SMARTS) is 1. The van der Waals surface area contributed by atoms with Crippen LogP contribution >= 0.6 is 24.4 Å². The monoisotopic (exact) mass is 1060 g/mol. The Morgan fingerprint density at radius 3 is 2.17 bits per heavy atom. The largest absolute Gasteiger partial charge is 0.481 e. The number of benzene rings is 3. The van der Waals surface area contributed by atoms with Gasteiger partial charge in [-0.3, -0.25) is 48.1 Å². The number of ketones is 3. The topological polar surface area (TPSA) is 314 Å². The average Bonchev–Trinajstić information content (AvgIpc) is 3.71. The Bertz CT molecular complexity index is 2910. The second kappa shape index (κ2) is 27.7. The second-order valence-electron chi connectivity index (χ2n) is 18.3. The van der Waals surface area contributed by atoms with Crippen LogP contribution in [0.5, 0.6) is 0 Å². The number of hydrogen-bond donors (Lipinski definition) is 9. The zero-order valence-corrected chi connectivity index (χ0v) is 43.4. The van der Waals surface area contributed by atoms with E-state index >= 15 is 0 Å². The molecule has 396 valence electrons. The van der Waals surface area contributed by atoms with Crippen molar-refractivity contribution in [2.24, 2.45) is 11.8 Å². The highest BCUT2D eigenvalue weighted by Gasteiger charge is 2.32. The molecule has 0 saturated heterocycles. The van der Waals surface area contributed by atoms with Crippen LogP contribution < -0.4 is 37.9 Å². The van der Waals surface area contributed by atoms with Crippen molar-refractivity contribution < 1.29 is 43.5 Å². The summed E-state index contributed by atoms with van der Waals surface area (Å²) in [6.45, 7) is 3.10. The third-order valence-corrected chi connectivity index (χ3v) is 14.0. The molecule has 5 aromatic rings. The Balaban J connectivity index is 0.893. The lowest BCUT2D eigenvalue weighted by Gasteiger charge is -2.23. The maximum atomic E-state index is 13.6. The molecule has 6 rings (SSSR count). The van der Waals surface area contributed by atoms with Crippen LogP contribution in [0.25, 0.3) is 22.3 Å². The second-order valence-corrected chi connectivity index (χ2v) is 19.9. The van der Waals surface area contributed by atoms with E-state index in [4.69, 9.17) is 5.73 Å². The van der Waals surface area contributed by atoms with Crippen molar-refractivity contribution in [2.45, 2.75) is 89.8 Å². The van der Waals surface area contributed by atoms with Gasteiger partial charge in [-0.15, -0.1) is 0 Å². The van der Waals surface area contributed by atoms with Crippen LogP contribution in [0.15, 0.2) is 83.8 Å². The first-order valence-corrected chi connectivity index (χ1v) is 26.5. The number of hydrogen-bond acceptors (Lipinski definition) is 16. The highest BCUT2D eigenvalue weighted by atomic mass is 32.2. The summed E-state index contributed by atoms with van der Waals surface area (Å²) in [7, 11) is 0. The van der Waals surface area contributed by atoms with Crippen LogP contribution in [0, 0.1) is 11.8 Å². The Kier molecular flexibility index (Phi) is 21.0. The first kappa shape index (κ1) is 56.8. The highest BCUT2D eigenvalue weighted by Crippen LogP contribution is 2.45. The molecule has 4 amide bonds.